The van der Waals surface area contributed by atoms with Crippen LogP contribution in [-0.4, -0.2) is 11.8 Å². The van der Waals surface area contributed by atoms with E-state index in [1.165, 1.54) is 16.2 Å². The molecule has 0 saturated heterocycles. The quantitative estimate of drug-likeness (QED) is 0.663. The SMILES string of the molecule is O=C(Nc1sc2c(c1C(=O)Nc1ccccc1)CCCC2)c1ccccc1. The Hall–Kier alpha value is -2.92. The van der Waals surface area contributed by atoms with E-state index in [4.69, 9.17) is 0 Å². The number of carbonyl (C=O) groups excluding carboxylic acids is 2. The van der Waals surface area contributed by atoms with Gasteiger partial charge in [0.15, 0.2) is 0 Å². The minimum atomic E-state index is -0.192. The van der Waals surface area contributed by atoms with Crippen LogP contribution < -0.4 is 10.6 Å². The molecule has 2 aromatic carbocycles. The number of nitrogens with one attached hydrogen (secondary N) is 2. The third kappa shape index (κ3) is 3.78. The number of carbonyl (C=O) groups is 2. The summed E-state index contributed by atoms with van der Waals surface area (Å²) in [6, 6.07) is 18.5. The zero-order valence-corrected chi connectivity index (χ0v) is 15.6. The molecule has 1 aliphatic rings. The van der Waals surface area contributed by atoms with Crippen LogP contribution in [0.4, 0.5) is 10.7 Å². The molecule has 0 radical (unpaired) electrons. The minimum absolute atomic E-state index is 0.163. The van der Waals surface area contributed by atoms with Crippen molar-refractivity contribution in [2.75, 3.05) is 10.6 Å². The van der Waals surface area contributed by atoms with E-state index in [1.54, 1.807) is 12.1 Å². The summed E-state index contributed by atoms with van der Waals surface area (Å²) in [5.41, 5.74) is 3.03. The molecule has 2 N–H and O–H groups in total. The van der Waals surface area contributed by atoms with E-state index in [9.17, 15) is 9.59 Å². The molecule has 0 bridgehead atoms. The fourth-order valence-electron chi connectivity index (χ4n) is 3.37. The number of hydrogen-bond donors (Lipinski definition) is 2. The second-order valence-electron chi connectivity index (χ2n) is 6.56. The fourth-order valence-corrected chi connectivity index (χ4v) is 4.66. The van der Waals surface area contributed by atoms with Gasteiger partial charge in [0.2, 0.25) is 0 Å². The lowest BCUT2D eigenvalue weighted by Gasteiger charge is -2.13. The normalized spacial score (nSPS) is 12.9. The van der Waals surface area contributed by atoms with Crippen LogP contribution in [0.1, 0.15) is 44.0 Å². The molecule has 136 valence electrons. The molecule has 2 amide bonds. The Morgan fingerprint density at radius 3 is 2.19 bits per heavy atom. The van der Waals surface area contributed by atoms with Gasteiger partial charge in [0.25, 0.3) is 11.8 Å². The standard InChI is InChI=1S/C22H20N2O2S/c25-20(15-9-3-1-4-10-15)24-22-19(17-13-7-8-14-18(17)27-22)21(26)23-16-11-5-2-6-12-16/h1-6,9-12H,7-8,13-14H2,(H,23,26)(H,24,25). The Bertz CT molecular complexity index is 965. The zero-order chi connectivity index (χ0) is 18.6. The van der Waals surface area contributed by atoms with Gasteiger partial charge in [-0.2, -0.15) is 0 Å². The van der Waals surface area contributed by atoms with Crippen molar-refractivity contribution >= 4 is 33.8 Å². The number of amides is 2. The van der Waals surface area contributed by atoms with Crippen LogP contribution >= 0.6 is 11.3 Å². The van der Waals surface area contributed by atoms with Gasteiger partial charge < -0.3 is 10.6 Å². The molecule has 3 aromatic rings. The molecule has 0 atom stereocenters. The van der Waals surface area contributed by atoms with Gasteiger partial charge in [-0.25, -0.2) is 0 Å². The van der Waals surface area contributed by atoms with Crippen molar-refractivity contribution in [1.29, 1.82) is 0 Å². The smallest absolute Gasteiger partial charge is 0.258 e. The van der Waals surface area contributed by atoms with Gasteiger partial charge in [-0.1, -0.05) is 36.4 Å². The van der Waals surface area contributed by atoms with Crippen molar-refractivity contribution in [2.45, 2.75) is 25.7 Å². The molecule has 27 heavy (non-hydrogen) atoms. The van der Waals surface area contributed by atoms with Gasteiger partial charge in [0, 0.05) is 16.1 Å². The van der Waals surface area contributed by atoms with Crippen LogP contribution in [-0.2, 0) is 12.8 Å². The summed E-state index contributed by atoms with van der Waals surface area (Å²) in [5, 5.41) is 6.58. The monoisotopic (exact) mass is 376 g/mol. The summed E-state index contributed by atoms with van der Waals surface area (Å²) in [7, 11) is 0. The Morgan fingerprint density at radius 2 is 1.44 bits per heavy atom. The first-order valence-electron chi connectivity index (χ1n) is 9.09. The van der Waals surface area contributed by atoms with E-state index in [-0.39, 0.29) is 11.8 Å². The number of fused-ring (bicyclic) bond motifs is 1. The third-order valence-electron chi connectivity index (χ3n) is 4.69. The number of aryl methyl sites for hydroxylation is 1. The van der Waals surface area contributed by atoms with Crippen LogP contribution in [0.25, 0.3) is 0 Å². The molecule has 1 heterocycles. The van der Waals surface area contributed by atoms with Gasteiger partial charge in [0.05, 0.1) is 5.56 Å². The largest absolute Gasteiger partial charge is 0.322 e. The highest BCUT2D eigenvalue weighted by molar-refractivity contribution is 7.17. The van der Waals surface area contributed by atoms with E-state index in [0.29, 0.717) is 16.1 Å². The first kappa shape index (κ1) is 17.5. The number of thiophene rings is 1. The minimum Gasteiger partial charge on any atom is -0.322 e. The molecule has 0 aliphatic heterocycles. The predicted molar refractivity (Wildman–Crippen MR) is 110 cm³/mol. The predicted octanol–water partition coefficient (Wildman–Crippen LogP) is 5.13. The van der Waals surface area contributed by atoms with E-state index in [2.05, 4.69) is 10.6 Å². The number of anilines is 2. The van der Waals surface area contributed by atoms with Gasteiger partial charge >= 0.3 is 0 Å². The summed E-state index contributed by atoms with van der Waals surface area (Å²) >= 11 is 1.53. The molecule has 1 aromatic heterocycles. The Morgan fingerprint density at radius 1 is 0.778 bits per heavy atom. The average molecular weight is 376 g/mol. The maximum absolute atomic E-state index is 13.0. The Kier molecular flexibility index (Phi) is 5.03. The third-order valence-corrected chi connectivity index (χ3v) is 5.90. The average Bonchev–Trinajstić information content (AvgIpc) is 3.07. The highest BCUT2D eigenvalue weighted by Crippen LogP contribution is 2.38. The van der Waals surface area contributed by atoms with Crippen molar-refractivity contribution < 1.29 is 9.59 Å². The summed E-state index contributed by atoms with van der Waals surface area (Å²) in [4.78, 5) is 26.9. The van der Waals surface area contributed by atoms with E-state index < -0.39 is 0 Å². The van der Waals surface area contributed by atoms with E-state index in [1.807, 2.05) is 48.5 Å². The topological polar surface area (TPSA) is 58.2 Å². The fraction of sp³-hybridized carbons (Fsp3) is 0.182. The highest BCUT2D eigenvalue weighted by Gasteiger charge is 2.26. The van der Waals surface area contributed by atoms with Gasteiger partial charge in [0.1, 0.15) is 5.00 Å². The number of rotatable bonds is 4. The zero-order valence-electron chi connectivity index (χ0n) is 14.8. The summed E-state index contributed by atoms with van der Waals surface area (Å²) in [6.07, 6.45) is 4.04. The van der Waals surface area contributed by atoms with Crippen LogP contribution in [0, 0.1) is 0 Å². The lowest BCUT2D eigenvalue weighted by Crippen LogP contribution is -2.18. The molecular weight excluding hydrogens is 356 g/mol. The Labute approximate surface area is 162 Å². The second kappa shape index (κ2) is 7.76. The van der Waals surface area contributed by atoms with E-state index in [0.717, 1.165) is 36.9 Å². The van der Waals surface area contributed by atoms with Crippen molar-refractivity contribution in [1.82, 2.24) is 0 Å². The molecular formula is C22H20N2O2S. The van der Waals surface area contributed by atoms with Gasteiger partial charge in [-0.05, 0) is 55.5 Å². The van der Waals surface area contributed by atoms with Crippen molar-refractivity contribution in [2.24, 2.45) is 0 Å². The van der Waals surface area contributed by atoms with Crippen molar-refractivity contribution in [3.05, 3.63) is 82.2 Å². The summed E-state index contributed by atoms with van der Waals surface area (Å²) in [5.74, 6) is -0.355. The molecule has 0 fully saturated rings. The number of benzene rings is 2. The number of para-hydroxylation sites is 1. The lowest BCUT2D eigenvalue weighted by atomic mass is 9.95. The molecule has 0 spiro atoms. The molecule has 5 heteroatoms. The Balaban J connectivity index is 1.66. The molecule has 1 aliphatic carbocycles. The van der Waals surface area contributed by atoms with Gasteiger partial charge in [-0.15, -0.1) is 11.3 Å². The first-order chi connectivity index (χ1) is 13.2. The highest BCUT2D eigenvalue weighted by atomic mass is 32.1. The maximum Gasteiger partial charge on any atom is 0.258 e. The van der Waals surface area contributed by atoms with Crippen LogP contribution in [0.3, 0.4) is 0 Å². The van der Waals surface area contributed by atoms with Crippen LogP contribution in [0.5, 0.6) is 0 Å². The van der Waals surface area contributed by atoms with Crippen molar-refractivity contribution in [3.8, 4) is 0 Å². The summed E-state index contributed by atoms with van der Waals surface area (Å²) in [6.45, 7) is 0. The summed E-state index contributed by atoms with van der Waals surface area (Å²) < 4.78 is 0. The molecule has 4 rings (SSSR count). The second-order valence-corrected chi connectivity index (χ2v) is 7.66. The van der Waals surface area contributed by atoms with Crippen LogP contribution in [0.2, 0.25) is 0 Å². The van der Waals surface area contributed by atoms with Crippen LogP contribution in [0.15, 0.2) is 60.7 Å². The molecule has 4 nitrogen and oxygen atoms in total. The first-order valence-corrected chi connectivity index (χ1v) is 9.91. The van der Waals surface area contributed by atoms with Gasteiger partial charge in [-0.3, -0.25) is 9.59 Å². The number of hydrogen-bond acceptors (Lipinski definition) is 3. The maximum atomic E-state index is 13.0. The molecule has 0 saturated carbocycles. The lowest BCUT2D eigenvalue weighted by molar-refractivity contribution is 0.102. The molecule has 0 unspecified atom stereocenters. The van der Waals surface area contributed by atoms with Crippen molar-refractivity contribution in [3.63, 3.8) is 0 Å². The van der Waals surface area contributed by atoms with E-state index >= 15 is 0 Å².